The molecule has 28 heavy (non-hydrogen) atoms. The Labute approximate surface area is 159 Å². The highest BCUT2D eigenvalue weighted by atomic mass is 16.6. The molecule has 0 fully saturated rings. The molecule has 0 aliphatic rings. The predicted octanol–water partition coefficient (Wildman–Crippen LogP) is 4.57. The molecule has 0 unspecified atom stereocenters. The van der Waals surface area contributed by atoms with Gasteiger partial charge in [-0.1, -0.05) is 24.3 Å². The van der Waals surface area contributed by atoms with Crippen molar-refractivity contribution >= 4 is 22.4 Å². The maximum Gasteiger partial charge on any atom is 0.269 e. The van der Waals surface area contributed by atoms with Gasteiger partial charge in [-0.3, -0.25) is 20.2 Å². The summed E-state index contributed by atoms with van der Waals surface area (Å²) in [6.07, 6.45) is 0. The Morgan fingerprint density at radius 2 is 1.36 bits per heavy atom. The molecule has 0 spiro atoms. The molecule has 0 atom stereocenters. The summed E-state index contributed by atoms with van der Waals surface area (Å²) in [5, 5.41) is 21.8. The molecule has 0 saturated carbocycles. The first-order valence-electron chi connectivity index (χ1n) is 8.46. The third kappa shape index (κ3) is 3.18. The van der Waals surface area contributed by atoms with Crippen LogP contribution in [0.3, 0.4) is 0 Å². The first-order chi connectivity index (χ1) is 13.5. The maximum absolute atomic E-state index is 10.9. The van der Waals surface area contributed by atoms with Crippen LogP contribution in [-0.2, 0) is 6.54 Å². The van der Waals surface area contributed by atoms with E-state index in [0.717, 1.165) is 22.2 Å². The third-order valence-corrected chi connectivity index (χ3v) is 4.48. The minimum Gasteiger partial charge on any atom is -0.319 e. The molecule has 0 amide bonds. The number of hydrogen-bond donors (Lipinski definition) is 0. The van der Waals surface area contributed by atoms with Gasteiger partial charge in [0.15, 0.2) is 0 Å². The Balaban J connectivity index is 1.79. The lowest BCUT2D eigenvalue weighted by Crippen LogP contribution is -2.02. The van der Waals surface area contributed by atoms with Crippen molar-refractivity contribution in [1.82, 2.24) is 9.55 Å². The summed E-state index contributed by atoms with van der Waals surface area (Å²) in [6.45, 7) is 0.463. The fourth-order valence-electron chi connectivity index (χ4n) is 3.09. The van der Waals surface area contributed by atoms with E-state index in [1.165, 1.54) is 24.3 Å². The van der Waals surface area contributed by atoms with Crippen molar-refractivity contribution in [2.45, 2.75) is 6.54 Å². The van der Waals surface area contributed by atoms with Crippen LogP contribution in [0.4, 0.5) is 11.4 Å². The van der Waals surface area contributed by atoms with Gasteiger partial charge in [0.1, 0.15) is 5.82 Å². The van der Waals surface area contributed by atoms with Crippen LogP contribution in [0.1, 0.15) is 5.56 Å². The smallest absolute Gasteiger partial charge is 0.269 e. The molecular formula is C20H14N4O4. The molecule has 1 aromatic heterocycles. The third-order valence-electron chi connectivity index (χ3n) is 4.48. The Hall–Kier alpha value is -4.07. The van der Waals surface area contributed by atoms with Gasteiger partial charge in [-0.05, 0) is 29.8 Å². The number of fused-ring (bicyclic) bond motifs is 1. The molecule has 4 rings (SSSR count). The number of non-ortho nitro benzene ring substituents is 2. The van der Waals surface area contributed by atoms with Gasteiger partial charge >= 0.3 is 0 Å². The number of imidazole rings is 1. The van der Waals surface area contributed by atoms with E-state index in [1.807, 2.05) is 28.8 Å². The van der Waals surface area contributed by atoms with Gasteiger partial charge in [-0.2, -0.15) is 0 Å². The number of para-hydroxylation sites is 2. The lowest BCUT2D eigenvalue weighted by atomic mass is 10.1. The lowest BCUT2D eigenvalue weighted by Gasteiger charge is -2.10. The zero-order valence-corrected chi connectivity index (χ0v) is 14.6. The number of rotatable bonds is 5. The van der Waals surface area contributed by atoms with Crippen LogP contribution in [0.2, 0.25) is 0 Å². The van der Waals surface area contributed by atoms with Crippen LogP contribution in [0.25, 0.3) is 22.4 Å². The highest BCUT2D eigenvalue weighted by Crippen LogP contribution is 2.27. The summed E-state index contributed by atoms with van der Waals surface area (Å²) in [5.74, 6) is 0.675. The molecule has 1 heterocycles. The molecule has 8 heteroatoms. The summed E-state index contributed by atoms with van der Waals surface area (Å²) in [5.41, 5.74) is 3.41. The zero-order chi connectivity index (χ0) is 19.7. The second-order valence-corrected chi connectivity index (χ2v) is 6.24. The summed E-state index contributed by atoms with van der Waals surface area (Å²) in [7, 11) is 0. The van der Waals surface area contributed by atoms with Gasteiger partial charge in [0.2, 0.25) is 0 Å². The quantitative estimate of drug-likeness (QED) is 0.376. The topological polar surface area (TPSA) is 104 Å². The first-order valence-corrected chi connectivity index (χ1v) is 8.46. The fourth-order valence-corrected chi connectivity index (χ4v) is 3.09. The van der Waals surface area contributed by atoms with Gasteiger partial charge in [0.25, 0.3) is 11.4 Å². The van der Waals surface area contributed by atoms with Gasteiger partial charge in [-0.25, -0.2) is 4.98 Å². The molecule has 138 valence electrons. The van der Waals surface area contributed by atoms with Crippen molar-refractivity contribution in [1.29, 1.82) is 0 Å². The van der Waals surface area contributed by atoms with Crippen molar-refractivity contribution in [3.63, 3.8) is 0 Å². The second-order valence-electron chi connectivity index (χ2n) is 6.24. The van der Waals surface area contributed by atoms with Crippen LogP contribution in [-0.4, -0.2) is 19.4 Å². The average Bonchev–Trinajstić information content (AvgIpc) is 3.07. The van der Waals surface area contributed by atoms with Gasteiger partial charge in [-0.15, -0.1) is 0 Å². The van der Waals surface area contributed by atoms with Crippen molar-refractivity contribution in [3.05, 3.63) is 98.6 Å². The summed E-state index contributed by atoms with van der Waals surface area (Å²) < 4.78 is 2.00. The largest absolute Gasteiger partial charge is 0.319 e. The van der Waals surface area contributed by atoms with Crippen LogP contribution >= 0.6 is 0 Å². The number of hydrogen-bond acceptors (Lipinski definition) is 5. The number of benzene rings is 3. The lowest BCUT2D eigenvalue weighted by molar-refractivity contribution is -0.385. The molecule has 0 bridgehead atoms. The Bertz CT molecular complexity index is 1180. The Morgan fingerprint density at radius 1 is 0.786 bits per heavy atom. The van der Waals surface area contributed by atoms with Crippen molar-refractivity contribution in [2.75, 3.05) is 0 Å². The van der Waals surface area contributed by atoms with Gasteiger partial charge in [0.05, 0.1) is 20.9 Å². The van der Waals surface area contributed by atoms with E-state index in [1.54, 1.807) is 24.3 Å². The molecule has 0 aliphatic heterocycles. The van der Waals surface area contributed by atoms with Crippen LogP contribution in [0.5, 0.6) is 0 Å². The SMILES string of the molecule is O=[N+]([O-])c1ccc(Cn2c(-c3ccc([N+](=O)[O-])cc3)nc3ccccc32)cc1. The molecule has 0 radical (unpaired) electrons. The highest BCUT2D eigenvalue weighted by Gasteiger charge is 2.15. The van der Waals surface area contributed by atoms with E-state index in [2.05, 4.69) is 4.98 Å². The average molecular weight is 374 g/mol. The van der Waals surface area contributed by atoms with Crippen LogP contribution in [0.15, 0.2) is 72.8 Å². The standard InChI is InChI=1S/C20H14N4O4/c25-23(26)16-9-5-14(6-10-16)13-22-19-4-2-1-3-18(19)21-20(22)15-7-11-17(12-8-15)24(27)28/h1-12H,13H2. The van der Waals surface area contributed by atoms with Crippen LogP contribution < -0.4 is 0 Å². The molecule has 8 nitrogen and oxygen atoms in total. The zero-order valence-electron chi connectivity index (χ0n) is 14.6. The monoisotopic (exact) mass is 374 g/mol. The summed E-state index contributed by atoms with van der Waals surface area (Å²) in [4.78, 5) is 25.6. The van der Waals surface area contributed by atoms with Crippen molar-refractivity contribution in [2.24, 2.45) is 0 Å². The minimum atomic E-state index is -0.441. The Morgan fingerprint density at radius 3 is 1.96 bits per heavy atom. The first kappa shape index (κ1) is 17.3. The molecule has 4 aromatic rings. The predicted molar refractivity (Wildman–Crippen MR) is 104 cm³/mol. The number of nitro groups is 2. The molecule has 0 aliphatic carbocycles. The van der Waals surface area contributed by atoms with E-state index in [-0.39, 0.29) is 11.4 Å². The second kappa shape index (κ2) is 6.92. The number of aromatic nitrogens is 2. The molecule has 0 N–H and O–H groups in total. The molecule has 3 aromatic carbocycles. The number of nitrogens with zero attached hydrogens (tertiary/aromatic N) is 4. The van der Waals surface area contributed by atoms with Gasteiger partial charge < -0.3 is 4.57 Å². The summed E-state index contributed by atoms with van der Waals surface area (Å²) in [6, 6.07) is 20.3. The van der Waals surface area contributed by atoms with E-state index in [4.69, 9.17) is 0 Å². The maximum atomic E-state index is 10.9. The highest BCUT2D eigenvalue weighted by molar-refractivity contribution is 5.81. The van der Waals surface area contributed by atoms with Crippen LogP contribution in [0, 0.1) is 20.2 Å². The van der Waals surface area contributed by atoms with Gasteiger partial charge in [0, 0.05) is 36.4 Å². The van der Waals surface area contributed by atoms with E-state index in [9.17, 15) is 20.2 Å². The molecular weight excluding hydrogens is 360 g/mol. The normalized spacial score (nSPS) is 10.9. The minimum absolute atomic E-state index is 0.0155. The molecule has 0 saturated heterocycles. The Kier molecular flexibility index (Phi) is 4.29. The van der Waals surface area contributed by atoms with E-state index in [0.29, 0.717) is 12.4 Å². The fraction of sp³-hybridized carbons (Fsp3) is 0.0500. The van der Waals surface area contributed by atoms with E-state index >= 15 is 0 Å². The van der Waals surface area contributed by atoms with Crippen molar-refractivity contribution < 1.29 is 9.85 Å². The van der Waals surface area contributed by atoms with Crippen molar-refractivity contribution in [3.8, 4) is 11.4 Å². The number of nitro benzene ring substituents is 2. The summed E-state index contributed by atoms with van der Waals surface area (Å²) >= 11 is 0. The van der Waals surface area contributed by atoms with E-state index < -0.39 is 9.85 Å².